The normalized spacial score (nSPS) is 21.6. The third kappa shape index (κ3) is 4.28. The Morgan fingerprint density at radius 3 is 2.64 bits per heavy atom. The van der Waals surface area contributed by atoms with E-state index in [9.17, 15) is 0 Å². The van der Waals surface area contributed by atoms with E-state index in [-0.39, 0.29) is 30.9 Å². The van der Waals surface area contributed by atoms with Crippen molar-refractivity contribution in [2.75, 3.05) is 19.6 Å². The van der Waals surface area contributed by atoms with Crippen LogP contribution in [0.2, 0.25) is 0 Å². The van der Waals surface area contributed by atoms with Gasteiger partial charge in [-0.3, -0.25) is 4.90 Å². The lowest BCUT2D eigenvalue weighted by Gasteiger charge is -2.34. The summed E-state index contributed by atoms with van der Waals surface area (Å²) in [5.41, 5.74) is 1.54. The molecule has 2 fully saturated rings. The van der Waals surface area contributed by atoms with E-state index >= 15 is 0 Å². The minimum Gasteiger partial charge on any atom is -0.337 e. The van der Waals surface area contributed by atoms with E-state index in [0.717, 1.165) is 37.6 Å². The Bertz CT molecular complexity index is 659. The molecule has 1 atom stereocenters. The maximum absolute atomic E-state index is 5.57. The zero-order chi connectivity index (χ0) is 15.6. The molecule has 0 amide bonds. The molecule has 1 N–H and O–H groups in total. The molecule has 9 heteroatoms. The number of rotatable bonds is 3. The Labute approximate surface area is 159 Å². The number of likely N-dealkylation sites (tertiary alicyclic amines) is 1. The Kier molecular flexibility index (Phi) is 7.13. The fraction of sp³-hybridized carbons (Fsp3) is 0.625. The first-order valence-electron chi connectivity index (χ1n) is 8.42. The standard InChI is InChI=1S/C16H22N6O.2ClH/c1-11-4-5-13(20-19-11)15-18-16(23-21-15)14-3-2-10-22(14)12-6-8-17-9-7-12;;/h4-5,12,14,17H,2-3,6-10H2,1H3;2*1H. The van der Waals surface area contributed by atoms with Crippen LogP contribution in [-0.2, 0) is 0 Å². The number of halogens is 2. The van der Waals surface area contributed by atoms with Gasteiger partial charge in [-0.2, -0.15) is 10.1 Å². The molecule has 1 unspecified atom stereocenters. The lowest BCUT2D eigenvalue weighted by atomic mass is 10.0. The first kappa shape index (κ1) is 20.0. The van der Waals surface area contributed by atoms with Crippen LogP contribution < -0.4 is 5.32 Å². The lowest BCUT2D eigenvalue weighted by Crippen LogP contribution is -2.42. The van der Waals surface area contributed by atoms with Crippen LogP contribution >= 0.6 is 24.8 Å². The minimum absolute atomic E-state index is 0. The van der Waals surface area contributed by atoms with Crippen molar-refractivity contribution in [3.8, 4) is 11.5 Å². The van der Waals surface area contributed by atoms with Crippen LogP contribution in [0.15, 0.2) is 16.7 Å². The largest absolute Gasteiger partial charge is 0.337 e. The van der Waals surface area contributed by atoms with E-state index in [0.29, 0.717) is 17.6 Å². The lowest BCUT2D eigenvalue weighted by molar-refractivity contribution is 0.126. The highest BCUT2D eigenvalue weighted by atomic mass is 35.5. The zero-order valence-electron chi connectivity index (χ0n) is 14.2. The molecule has 25 heavy (non-hydrogen) atoms. The highest BCUT2D eigenvalue weighted by Crippen LogP contribution is 2.35. The molecule has 7 nitrogen and oxygen atoms in total. The molecule has 0 aromatic carbocycles. The summed E-state index contributed by atoms with van der Waals surface area (Å²) in [7, 11) is 0. The van der Waals surface area contributed by atoms with Crippen LogP contribution in [0.1, 0.15) is 43.3 Å². The summed E-state index contributed by atoms with van der Waals surface area (Å²) in [6.07, 6.45) is 4.67. The summed E-state index contributed by atoms with van der Waals surface area (Å²) in [6.45, 7) is 5.23. The van der Waals surface area contributed by atoms with Crippen molar-refractivity contribution in [2.24, 2.45) is 0 Å². The highest BCUT2D eigenvalue weighted by molar-refractivity contribution is 5.85. The van der Waals surface area contributed by atoms with Gasteiger partial charge in [-0.15, -0.1) is 29.9 Å². The maximum Gasteiger partial charge on any atom is 0.244 e. The molecule has 0 bridgehead atoms. The van der Waals surface area contributed by atoms with Crippen LogP contribution in [0.4, 0.5) is 0 Å². The second-order valence-corrected chi connectivity index (χ2v) is 6.39. The smallest absolute Gasteiger partial charge is 0.244 e. The summed E-state index contributed by atoms with van der Waals surface area (Å²) >= 11 is 0. The summed E-state index contributed by atoms with van der Waals surface area (Å²) in [6, 6.07) is 4.67. The first-order valence-corrected chi connectivity index (χ1v) is 8.42. The fourth-order valence-corrected chi connectivity index (χ4v) is 3.62. The number of aromatic nitrogens is 4. The predicted octanol–water partition coefficient (Wildman–Crippen LogP) is 2.57. The molecule has 2 aliphatic rings. The average molecular weight is 387 g/mol. The Morgan fingerprint density at radius 1 is 1.12 bits per heavy atom. The molecule has 0 radical (unpaired) electrons. The number of nitrogens with one attached hydrogen (secondary N) is 1. The second kappa shape index (κ2) is 8.89. The molecule has 2 saturated heterocycles. The second-order valence-electron chi connectivity index (χ2n) is 6.39. The van der Waals surface area contributed by atoms with Gasteiger partial charge < -0.3 is 9.84 Å². The molecule has 0 spiro atoms. The molecule has 2 aromatic rings. The van der Waals surface area contributed by atoms with Crippen molar-refractivity contribution in [3.63, 3.8) is 0 Å². The summed E-state index contributed by atoms with van der Waals surface area (Å²) in [5.74, 6) is 1.25. The number of hydrogen-bond donors (Lipinski definition) is 1. The molecule has 4 heterocycles. The Morgan fingerprint density at radius 2 is 1.92 bits per heavy atom. The van der Waals surface area contributed by atoms with E-state index < -0.39 is 0 Å². The van der Waals surface area contributed by atoms with Gasteiger partial charge in [0.2, 0.25) is 11.7 Å². The maximum atomic E-state index is 5.57. The van der Waals surface area contributed by atoms with Gasteiger partial charge in [0.25, 0.3) is 0 Å². The first-order chi connectivity index (χ1) is 11.3. The Balaban J connectivity index is 0.00000113. The number of piperidine rings is 1. The molecule has 2 aliphatic heterocycles. The molecule has 2 aromatic heterocycles. The van der Waals surface area contributed by atoms with E-state index in [1.165, 1.54) is 19.3 Å². The number of aryl methyl sites for hydroxylation is 1. The predicted molar refractivity (Wildman–Crippen MR) is 99.1 cm³/mol. The number of hydrogen-bond acceptors (Lipinski definition) is 7. The monoisotopic (exact) mass is 386 g/mol. The van der Waals surface area contributed by atoms with Gasteiger partial charge in [0.05, 0.1) is 11.7 Å². The molecule has 0 saturated carbocycles. The van der Waals surface area contributed by atoms with Gasteiger partial charge in [0, 0.05) is 6.04 Å². The van der Waals surface area contributed by atoms with Crippen LogP contribution in [0.5, 0.6) is 0 Å². The van der Waals surface area contributed by atoms with Crippen molar-refractivity contribution in [2.45, 2.75) is 44.7 Å². The molecule has 138 valence electrons. The van der Waals surface area contributed by atoms with E-state index in [1.54, 1.807) is 0 Å². The van der Waals surface area contributed by atoms with Crippen LogP contribution in [0, 0.1) is 6.92 Å². The molecule has 4 rings (SSSR count). The van der Waals surface area contributed by atoms with Crippen LogP contribution in [0.25, 0.3) is 11.5 Å². The van der Waals surface area contributed by atoms with Gasteiger partial charge in [-0.05, 0) is 64.4 Å². The van der Waals surface area contributed by atoms with Gasteiger partial charge in [0.1, 0.15) is 5.69 Å². The molecule has 0 aliphatic carbocycles. The summed E-state index contributed by atoms with van der Waals surface area (Å²) < 4.78 is 5.57. The van der Waals surface area contributed by atoms with Gasteiger partial charge in [-0.1, -0.05) is 5.16 Å². The third-order valence-corrected chi connectivity index (χ3v) is 4.83. The third-order valence-electron chi connectivity index (χ3n) is 4.83. The van der Waals surface area contributed by atoms with Gasteiger partial charge in [-0.25, -0.2) is 0 Å². The zero-order valence-corrected chi connectivity index (χ0v) is 15.9. The van der Waals surface area contributed by atoms with Crippen LogP contribution in [0.3, 0.4) is 0 Å². The number of nitrogens with zero attached hydrogens (tertiary/aromatic N) is 5. The topological polar surface area (TPSA) is 80.0 Å². The SMILES string of the molecule is Cc1ccc(-c2noc(C3CCCN3C3CCNCC3)n2)nn1.Cl.Cl. The average Bonchev–Trinajstić information content (AvgIpc) is 3.25. The van der Waals surface area contributed by atoms with Crippen molar-refractivity contribution in [3.05, 3.63) is 23.7 Å². The molecular weight excluding hydrogens is 363 g/mol. The molecular formula is C16H24Cl2N6O. The van der Waals surface area contributed by atoms with Crippen LogP contribution in [-0.4, -0.2) is 50.9 Å². The quantitative estimate of drug-likeness (QED) is 0.867. The summed E-state index contributed by atoms with van der Waals surface area (Å²) in [5, 5.41) is 15.7. The fourth-order valence-electron chi connectivity index (χ4n) is 3.62. The van der Waals surface area contributed by atoms with E-state index in [2.05, 4.69) is 30.6 Å². The Hall–Kier alpha value is -1.28. The van der Waals surface area contributed by atoms with E-state index in [4.69, 9.17) is 4.52 Å². The van der Waals surface area contributed by atoms with Crippen molar-refractivity contribution in [1.29, 1.82) is 0 Å². The van der Waals surface area contributed by atoms with Crippen molar-refractivity contribution in [1.82, 2.24) is 30.6 Å². The highest BCUT2D eigenvalue weighted by Gasteiger charge is 2.35. The van der Waals surface area contributed by atoms with Gasteiger partial charge in [0.15, 0.2) is 0 Å². The minimum atomic E-state index is 0. The van der Waals surface area contributed by atoms with E-state index in [1.807, 2.05) is 19.1 Å². The summed E-state index contributed by atoms with van der Waals surface area (Å²) in [4.78, 5) is 7.15. The van der Waals surface area contributed by atoms with Crippen molar-refractivity contribution < 1.29 is 4.52 Å². The van der Waals surface area contributed by atoms with Gasteiger partial charge >= 0.3 is 0 Å². The van der Waals surface area contributed by atoms with Crippen molar-refractivity contribution >= 4 is 24.8 Å².